The molecule has 4 rings (SSSR count). The number of fused-ring (bicyclic) bond motifs is 5. The van der Waals surface area contributed by atoms with E-state index in [-0.39, 0.29) is 25.0 Å². The molecule has 0 aromatic heterocycles. The van der Waals surface area contributed by atoms with E-state index in [1.165, 1.54) is 70.3 Å². The van der Waals surface area contributed by atoms with Gasteiger partial charge in [0.1, 0.15) is 12.7 Å². The first-order valence-electron chi connectivity index (χ1n) is 21.0. The summed E-state index contributed by atoms with van der Waals surface area (Å²) in [5, 5.41) is 0. The van der Waals surface area contributed by atoms with Gasteiger partial charge in [-0.1, -0.05) is 84.1 Å². The normalized spacial score (nSPS) is 31.6. The quantitative estimate of drug-likeness (QED) is 0.0672. The van der Waals surface area contributed by atoms with Gasteiger partial charge in [-0.2, -0.15) is 0 Å². The maximum Gasteiger partial charge on any atom is 0.309 e. The van der Waals surface area contributed by atoms with Crippen molar-refractivity contribution in [3.63, 3.8) is 0 Å². The SMILES string of the molecule is [CH]/C=C\COC(=O)CC(CCCCCO[C@H]1CC[C@@]2(C)C(=CCC3C2CC[C@@]2(C)C3CC[C@@H]2[C@H](C)CCCC(C)C)C1)OC(=O)CCCN(C)C. The summed E-state index contributed by atoms with van der Waals surface area (Å²) < 4.78 is 17.5. The van der Waals surface area contributed by atoms with Gasteiger partial charge in [0.15, 0.2) is 0 Å². The Labute approximate surface area is 313 Å². The Kier molecular flexibility index (Phi) is 16.6. The van der Waals surface area contributed by atoms with Gasteiger partial charge in [-0.05, 0) is 151 Å². The first-order chi connectivity index (χ1) is 24.4. The third-order valence-corrected chi connectivity index (χ3v) is 13.9. The Morgan fingerprint density at radius 2 is 1.75 bits per heavy atom. The van der Waals surface area contributed by atoms with Crippen molar-refractivity contribution in [3.05, 3.63) is 30.7 Å². The summed E-state index contributed by atoms with van der Waals surface area (Å²) in [6.45, 7) is 19.7. The lowest BCUT2D eigenvalue weighted by Gasteiger charge is -2.58. The Morgan fingerprint density at radius 1 is 0.941 bits per heavy atom. The van der Waals surface area contributed by atoms with Gasteiger partial charge in [0.2, 0.25) is 0 Å². The first-order valence-corrected chi connectivity index (χ1v) is 21.0. The lowest BCUT2D eigenvalue weighted by molar-refractivity contribution is -0.155. The molecule has 290 valence electrons. The molecule has 4 unspecified atom stereocenters. The zero-order valence-corrected chi connectivity index (χ0v) is 33.8. The molecule has 0 heterocycles. The largest absolute Gasteiger partial charge is 0.462 e. The predicted octanol–water partition coefficient (Wildman–Crippen LogP) is 10.4. The van der Waals surface area contributed by atoms with E-state index in [1.54, 1.807) is 11.6 Å². The van der Waals surface area contributed by atoms with Crippen molar-refractivity contribution in [1.29, 1.82) is 0 Å². The van der Waals surface area contributed by atoms with Gasteiger partial charge >= 0.3 is 11.9 Å². The highest BCUT2D eigenvalue weighted by atomic mass is 16.6. The summed E-state index contributed by atoms with van der Waals surface area (Å²) in [4.78, 5) is 26.9. The first kappa shape index (κ1) is 42.1. The van der Waals surface area contributed by atoms with Crippen molar-refractivity contribution in [1.82, 2.24) is 4.90 Å². The summed E-state index contributed by atoms with van der Waals surface area (Å²) in [6, 6.07) is 0. The van der Waals surface area contributed by atoms with Crippen LogP contribution in [0.25, 0.3) is 0 Å². The Balaban J connectivity index is 1.21. The van der Waals surface area contributed by atoms with E-state index in [1.807, 2.05) is 14.1 Å². The second-order valence-electron chi connectivity index (χ2n) is 18.2. The number of nitrogens with zero attached hydrogens (tertiary/aromatic N) is 1. The van der Waals surface area contributed by atoms with Gasteiger partial charge in [0.05, 0.1) is 12.5 Å². The van der Waals surface area contributed by atoms with Crippen molar-refractivity contribution in [2.24, 2.45) is 46.3 Å². The van der Waals surface area contributed by atoms with E-state index in [0.717, 1.165) is 80.8 Å². The van der Waals surface area contributed by atoms with Crippen LogP contribution in [0.5, 0.6) is 0 Å². The molecule has 0 saturated heterocycles. The highest BCUT2D eigenvalue weighted by Crippen LogP contribution is 2.67. The minimum Gasteiger partial charge on any atom is -0.462 e. The van der Waals surface area contributed by atoms with Gasteiger partial charge in [0, 0.05) is 13.0 Å². The van der Waals surface area contributed by atoms with Crippen molar-refractivity contribution < 1.29 is 23.8 Å². The molecule has 0 aliphatic heterocycles. The van der Waals surface area contributed by atoms with Crippen molar-refractivity contribution in [2.45, 2.75) is 162 Å². The molecule has 0 bridgehead atoms. The van der Waals surface area contributed by atoms with Crippen LogP contribution in [-0.4, -0.2) is 62.9 Å². The molecule has 6 nitrogen and oxygen atoms in total. The smallest absolute Gasteiger partial charge is 0.309 e. The lowest BCUT2D eigenvalue weighted by atomic mass is 9.47. The summed E-state index contributed by atoms with van der Waals surface area (Å²) >= 11 is 0. The molecule has 51 heavy (non-hydrogen) atoms. The van der Waals surface area contributed by atoms with Gasteiger partial charge in [-0.3, -0.25) is 9.59 Å². The molecule has 2 radical (unpaired) electrons. The van der Waals surface area contributed by atoms with E-state index in [9.17, 15) is 9.59 Å². The van der Waals surface area contributed by atoms with Crippen LogP contribution in [0.4, 0.5) is 0 Å². The van der Waals surface area contributed by atoms with Crippen LogP contribution in [0.2, 0.25) is 0 Å². The Bertz CT molecular complexity index is 1150. The minimum atomic E-state index is -0.462. The molecular weight excluding hydrogens is 634 g/mol. The molecule has 0 N–H and O–H groups in total. The number of unbranched alkanes of at least 4 members (excludes halogenated alkanes) is 2. The highest BCUT2D eigenvalue weighted by molar-refractivity contribution is 5.72. The van der Waals surface area contributed by atoms with Crippen molar-refractivity contribution >= 4 is 11.9 Å². The molecular formula is C45H75NO5. The zero-order chi connectivity index (χ0) is 37.0. The molecule has 4 aliphatic carbocycles. The van der Waals surface area contributed by atoms with Crippen LogP contribution in [0.15, 0.2) is 23.8 Å². The van der Waals surface area contributed by atoms with Crippen LogP contribution in [0.1, 0.15) is 150 Å². The van der Waals surface area contributed by atoms with Crippen LogP contribution >= 0.6 is 0 Å². The number of hydrogen-bond donors (Lipinski definition) is 0. The second kappa shape index (κ2) is 20.1. The molecule has 0 spiro atoms. The van der Waals surface area contributed by atoms with Gasteiger partial charge in [0.25, 0.3) is 0 Å². The van der Waals surface area contributed by atoms with E-state index in [0.29, 0.717) is 29.8 Å². The zero-order valence-electron chi connectivity index (χ0n) is 33.8. The van der Waals surface area contributed by atoms with E-state index >= 15 is 0 Å². The number of allylic oxidation sites excluding steroid dienone is 2. The number of carbonyl (C=O) groups is 2. The van der Waals surface area contributed by atoms with Crippen LogP contribution < -0.4 is 0 Å². The topological polar surface area (TPSA) is 65.1 Å². The summed E-state index contributed by atoms with van der Waals surface area (Å²) in [6.07, 6.45) is 24.9. The summed E-state index contributed by atoms with van der Waals surface area (Å²) in [7, 11) is 3.98. The van der Waals surface area contributed by atoms with E-state index in [2.05, 4.69) is 45.6 Å². The predicted molar refractivity (Wildman–Crippen MR) is 208 cm³/mol. The van der Waals surface area contributed by atoms with Crippen LogP contribution in [-0.2, 0) is 23.8 Å². The average molecular weight is 710 g/mol. The van der Waals surface area contributed by atoms with Gasteiger partial charge in [-0.15, -0.1) is 0 Å². The molecule has 0 aromatic carbocycles. The number of carbonyl (C=O) groups excluding carboxylic acids is 2. The molecule has 0 aromatic rings. The van der Waals surface area contributed by atoms with Crippen molar-refractivity contribution in [2.75, 3.05) is 33.9 Å². The van der Waals surface area contributed by atoms with Crippen molar-refractivity contribution in [3.8, 4) is 0 Å². The lowest BCUT2D eigenvalue weighted by Crippen LogP contribution is -2.51. The monoisotopic (exact) mass is 710 g/mol. The summed E-state index contributed by atoms with van der Waals surface area (Å²) in [5.74, 6) is 4.61. The maximum absolute atomic E-state index is 12.5. The number of rotatable bonds is 21. The molecule has 4 aliphatic rings. The van der Waals surface area contributed by atoms with Crippen LogP contribution in [0.3, 0.4) is 0 Å². The van der Waals surface area contributed by atoms with Gasteiger partial charge in [-0.25, -0.2) is 0 Å². The van der Waals surface area contributed by atoms with E-state index < -0.39 is 6.10 Å². The molecule has 3 saturated carbocycles. The molecule has 6 heteroatoms. The van der Waals surface area contributed by atoms with E-state index in [4.69, 9.17) is 21.1 Å². The van der Waals surface area contributed by atoms with Crippen LogP contribution in [0, 0.1) is 53.3 Å². The fraction of sp³-hybridized carbons (Fsp3) is 0.844. The summed E-state index contributed by atoms with van der Waals surface area (Å²) in [5.41, 5.74) is 2.59. The molecule has 3 fully saturated rings. The Hall–Kier alpha value is -1.66. The number of hydrogen-bond acceptors (Lipinski definition) is 6. The average Bonchev–Trinajstić information content (AvgIpc) is 3.43. The van der Waals surface area contributed by atoms with Gasteiger partial charge < -0.3 is 19.1 Å². The fourth-order valence-corrected chi connectivity index (χ4v) is 11.1. The maximum atomic E-state index is 12.5. The number of esters is 2. The Morgan fingerprint density at radius 3 is 2.49 bits per heavy atom. The minimum absolute atomic E-state index is 0.0737. The third-order valence-electron chi connectivity index (χ3n) is 13.9. The third kappa shape index (κ3) is 11.7. The second-order valence-corrected chi connectivity index (χ2v) is 18.2. The molecule has 0 amide bonds. The molecule has 9 atom stereocenters. The highest BCUT2D eigenvalue weighted by Gasteiger charge is 2.59. The standard InChI is InChI=1S/C45H75NO5/c1-9-10-29-50-43(48)32-37(51-42(47)19-15-28-46(7)8)18-12-11-13-30-49-36-24-26-44(5)35(31-36)20-21-38-40-23-22-39(34(4)17-14-16-33(2)3)45(40,6)27-25-41(38)44/h1,9-10,20,33-34,36-41H,11-19,21-32H2,2-8H3/b10-9-/t34-,36+,37?,38?,39-,40?,41?,44+,45-/m1/s1. The fourth-order valence-electron chi connectivity index (χ4n) is 11.1. The number of ether oxygens (including phenoxy) is 3.